The number of carbonyl (C=O) groups is 2. The van der Waals surface area contributed by atoms with Crippen LogP contribution < -0.4 is 20.1 Å². The Bertz CT molecular complexity index is 1420. The predicted molar refractivity (Wildman–Crippen MR) is 170 cm³/mol. The van der Waals surface area contributed by atoms with E-state index in [2.05, 4.69) is 15.5 Å². The van der Waals surface area contributed by atoms with Crippen LogP contribution in [0, 0.1) is 5.92 Å². The SMILES string of the molecule is COc1ccc(NC(=O)Nc2ccc3c(c2)CC(=O)N([C@@H](C)CO)C[C@@H](C)[C@@H](CN(C)Cc2ccc(Cl)c(Cl)c2)O3)cc1. The monoisotopic (exact) mass is 628 g/mol. The van der Waals surface area contributed by atoms with Crippen LogP contribution in [-0.2, 0) is 17.8 Å². The number of halogens is 2. The smallest absolute Gasteiger partial charge is 0.323 e. The van der Waals surface area contributed by atoms with Gasteiger partial charge in [-0.2, -0.15) is 0 Å². The van der Waals surface area contributed by atoms with Gasteiger partial charge in [0.25, 0.3) is 0 Å². The number of carbonyl (C=O) groups excluding carboxylic acids is 2. The van der Waals surface area contributed by atoms with Gasteiger partial charge in [0.05, 0.1) is 36.2 Å². The van der Waals surface area contributed by atoms with Crippen LogP contribution in [0.3, 0.4) is 0 Å². The van der Waals surface area contributed by atoms with Crippen molar-refractivity contribution in [2.75, 3.05) is 44.5 Å². The van der Waals surface area contributed by atoms with Crippen molar-refractivity contribution in [2.24, 2.45) is 5.92 Å². The van der Waals surface area contributed by atoms with Crippen molar-refractivity contribution in [2.45, 2.75) is 39.0 Å². The van der Waals surface area contributed by atoms with E-state index in [1.54, 1.807) is 60.5 Å². The number of nitrogens with zero attached hydrogens (tertiary/aromatic N) is 2. The zero-order chi connectivity index (χ0) is 31.1. The van der Waals surface area contributed by atoms with Gasteiger partial charge in [-0.1, -0.05) is 36.2 Å². The lowest BCUT2D eigenvalue weighted by atomic mass is 10.0. The van der Waals surface area contributed by atoms with E-state index in [0.29, 0.717) is 58.1 Å². The molecule has 0 unspecified atom stereocenters. The van der Waals surface area contributed by atoms with Gasteiger partial charge in [-0.25, -0.2) is 4.79 Å². The molecule has 0 saturated heterocycles. The van der Waals surface area contributed by atoms with Gasteiger partial charge in [0.2, 0.25) is 5.91 Å². The minimum atomic E-state index is -0.425. The molecule has 11 heteroatoms. The molecule has 0 fully saturated rings. The standard InChI is InChI=1S/C32H38Cl2N4O5/c1-20-16-38(21(2)19-39)31(40)15-23-14-25(36-32(41)35-24-6-9-26(42-4)10-7-24)8-12-29(23)43-30(20)18-37(3)17-22-5-11-27(33)28(34)13-22/h5-14,20-21,30,39H,15-19H2,1-4H3,(H2,35,36,41)/t20-,21+,30-/m1/s1. The summed E-state index contributed by atoms with van der Waals surface area (Å²) in [5.74, 6) is 1.09. The quantitative estimate of drug-likeness (QED) is 0.271. The third kappa shape index (κ3) is 8.76. The van der Waals surface area contributed by atoms with Gasteiger partial charge >= 0.3 is 6.03 Å². The van der Waals surface area contributed by atoms with Gasteiger partial charge in [-0.15, -0.1) is 0 Å². The lowest BCUT2D eigenvalue weighted by molar-refractivity contribution is -0.134. The van der Waals surface area contributed by atoms with Crippen molar-refractivity contribution < 1.29 is 24.2 Å². The summed E-state index contributed by atoms with van der Waals surface area (Å²) < 4.78 is 11.8. The molecule has 1 aliphatic heterocycles. The number of benzene rings is 3. The van der Waals surface area contributed by atoms with E-state index in [0.717, 1.165) is 5.56 Å². The van der Waals surface area contributed by atoms with Gasteiger partial charge in [0.1, 0.15) is 17.6 Å². The molecule has 3 N–H and O–H groups in total. The number of aliphatic hydroxyl groups is 1. The predicted octanol–water partition coefficient (Wildman–Crippen LogP) is 5.93. The third-order valence-electron chi connectivity index (χ3n) is 7.45. The number of likely N-dealkylation sites (N-methyl/N-ethyl adjacent to an activating group) is 1. The average Bonchev–Trinajstić information content (AvgIpc) is 3.02. The summed E-state index contributed by atoms with van der Waals surface area (Å²) in [5.41, 5.74) is 2.79. The number of hydrogen-bond donors (Lipinski definition) is 3. The number of aliphatic hydroxyl groups excluding tert-OH is 1. The zero-order valence-electron chi connectivity index (χ0n) is 24.8. The number of fused-ring (bicyclic) bond motifs is 1. The topological polar surface area (TPSA) is 103 Å². The summed E-state index contributed by atoms with van der Waals surface area (Å²) in [6, 6.07) is 17.1. The average molecular weight is 630 g/mol. The Morgan fingerprint density at radius 2 is 1.79 bits per heavy atom. The fourth-order valence-electron chi connectivity index (χ4n) is 5.01. The number of urea groups is 1. The number of hydrogen-bond acceptors (Lipinski definition) is 6. The molecular weight excluding hydrogens is 591 g/mol. The number of anilines is 2. The molecule has 0 aromatic heterocycles. The van der Waals surface area contributed by atoms with E-state index in [1.165, 1.54) is 0 Å². The molecule has 43 heavy (non-hydrogen) atoms. The second-order valence-electron chi connectivity index (χ2n) is 11.0. The van der Waals surface area contributed by atoms with Crippen LogP contribution in [0.25, 0.3) is 0 Å². The summed E-state index contributed by atoms with van der Waals surface area (Å²) in [6.45, 7) is 5.35. The molecule has 3 atom stereocenters. The van der Waals surface area contributed by atoms with E-state index in [9.17, 15) is 14.7 Å². The molecule has 230 valence electrons. The molecule has 3 aromatic carbocycles. The van der Waals surface area contributed by atoms with Crippen molar-refractivity contribution >= 4 is 46.5 Å². The van der Waals surface area contributed by atoms with E-state index in [1.807, 2.05) is 33.0 Å². The Morgan fingerprint density at radius 3 is 2.47 bits per heavy atom. The molecule has 4 rings (SSSR count). The van der Waals surface area contributed by atoms with Crippen molar-refractivity contribution in [1.29, 1.82) is 0 Å². The lowest BCUT2D eigenvalue weighted by Gasteiger charge is -2.34. The number of ether oxygens (including phenoxy) is 2. The summed E-state index contributed by atoms with van der Waals surface area (Å²) in [4.78, 5) is 30.1. The normalized spacial score (nSPS) is 17.7. The molecule has 1 aliphatic rings. The first-order chi connectivity index (χ1) is 20.6. The van der Waals surface area contributed by atoms with E-state index < -0.39 is 6.03 Å². The van der Waals surface area contributed by atoms with E-state index >= 15 is 0 Å². The summed E-state index contributed by atoms with van der Waals surface area (Å²) >= 11 is 12.3. The second kappa shape index (κ2) is 14.8. The maximum absolute atomic E-state index is 13.5. The van der Waals surface area contributed by atoms with Crippen LogP contribution in [0.5, 0.6) is 11.5 Å². The Labute approximate surface area is 262 Å². The van der Waals surface area contributed by atoms with Gasteiger partial charge < -0.3 is 30.1 Å². The molecule has 3 amide bonds. The van der Waals surface area contributed by atoms with Crippen LogP contribution in [0.15, 0.2) is 60.7 Å². The second-order valence-corrected chi connectivity index (χ2v) is 11.8. The molecule has 1 heterocycles. The Hall–Kier alpha value is -3.50. The lowest BCUT2D eigenvalue weighted by Crippen LogP contribution is -2.47. The number of rotatable bonds is 9. The van der Waals surface area contributed by atoms with Crippen LogP contribution in [0.2, 0.25) is 10.0 Å². The first-order valence-electron chi connectivity index (χ1n) is 14.1. The minimum Gasteiger partial charge on any atom is -0.497 e. The Balaban J connectivity index is 1.55. The van der Waals surface area contributed by atoms with Crippen molar-refractivity contribution in [3.05, 3.63) is 81.8 Å². The molecule has 0 radical (unpaired) electrons. The van der Waals surface area contributed by atoms with Gasteiger partial charge in [-0.3, -0.25) is 9.69 Å². The van der Waals surface area contributed by atoms with Crippen LogP contribution >= 0.6 is 23.2 Å². The maximum atomic E-state index is 13.5. The van der Waals surface area contributed by atoms with Gasteiger partial charge in [0.15, 0.2) is 0 Å². The molecule has 0 aliphatic carbocycles. The van der Waals surface area contributed by atoms with Crippen molar-refractivity contribution in [1.82, 2.24) is 9.80 Å². The number of methoxy groups -OCH3 is 1. The fourth-order valence-corrected chi connectivity index (χ4v) is 5.34. The van der Waals surface area contributed by atoms with E-state index in [-0.39, 0.29) is 37.0 Å². The zero-order valence-corrected chi connectivity index (χ0v) is 26.3. The molecule has 0 bridgehead atoms. The molecule has 0 saturated carbocycles. The molecular formula is C32H38Cl2N4O5. The molecule has 9 nitrogen and oxygen atoms in total. The maximum Gasteiger partial charge on any atom is 0.323 e. The minimum absolute atomic E-state index is 0.0479. The summed E-state index contributed by atoms with van der Waals surface area (Å²) in [6.07, 6.45) is -0.212. The fraction of sp³-hybridized carbons (Fsp3) is 0.375. The Kier molecular flexibility index (Phi) is 11.2. The first-order valence-corrected chi connectivity index (χ1v) is 14.9. The summed E-state index contributed by atoms with van der Waals surface area (Å²) in [7, 11) is 3.58. The first kappa shape index (κ1) is 32.4. The highest BCUT2D eigenvalue weighted by atomic mass is 35.5. The summed E-state index contributed by atoms with van der Waals surface area (Å²) in [5, 5.41) is 16.6. The third-order valence-corrected chi connectivity index (χ3v) is 8.19. The Morgan fingerprint density at radius 1 is 1.09 bits per heavy atom. The number of nitrogens with one attached hydrogen (secondary N) is 2. The van der Waals surface area contributed by atoms with Crippen molar-refractivity contribution in [3.8, 4) is 11.5 Å². The van der Waals surface area contributed by atoms with Crippen LogP contribution in [0.1, 0.15) is 25.0 Å². The molecule has 3 aromatic rings. The van der Waals surface area contributed by atoms with Crippen molar-refractivity contribution in [3.63, 3.8) is 0 Å². The highest BCUT2D eigenvalue weighted by molar-refractivity contribution is 6.42. The number of amides is 3. The van der Waals surface area contributed by atoms with Gasteiger partial charge in [-0.05, 0) is 74.1 Å². The van der Waals surface area contributed by atoms with E-state index in [4.69, 9.17) is 32.7 Å². The largest absolute Gasteiger partial charge is 0.497 e. The van der Waals surface area contributed by atoms with Crippen LogP contribution in [0.4, 0.5) is 16.2 Å². The van der Waals surface area contributed by atoms with Gasteiger partial charge in [0, 0.05) is 42.5 Å². The highest BCUT2D eigenvalue weighted by Gasteiger charge is 2.31. The van der Waals surface area contributed by atoms with Crippen LogP contribution in [-0.4, -0.2) is 72.8 Å². The molecule has 0 spiro atoms. The highest BCUT2D eigenvalue weighted by Crippen LogP contribution is 2.30.